The number of nitrogens with one attached hydrogen (secondary N) is 2. The lowest BCUT2D eigenvalue weighted by Gasteiger charge is -2.22. The molecule has 0 atom stereocenters. The van der Waals surface area contributed by atoms with Crippen molar-refractivity contribution in [2.45, 2.75) is 26.3 Å². The highest BCUT2D eigenvalue weighted by Crippen LogP contribution is 2.46. The molecule has 3 heterocycles. The summed E-state index contributed by atoms with van der Waals surface area (Å²) in [6.45, 7) is -0.761. The van der Waals surface area contributed by atoms with Crippen LogP contribution in [0.2, 0.25) is 5.02 Å². The number of fused-ring (bicyclic) bond motifs is 4. The zero-order valence-electron chi connectivity index (χ0n) is 29.7. The number of benzene rings is 5. The van der Waals surface area contributed by atoms with Crippen LogP contribution in [0.25, 0.3) is 55.2 Å². The van der Waals surface area contributed by atoms with Crippen molar-refractivity contribution in [2.75, 3.05) is 10.6 Å². The van der Waals surface area contributed by atoms with Crippen LogP contribution in [0.5, 0.6) is 5.75 Å². The summed E-state index contributed by atoms with van der Waals surface area (Å²) in [6.07, 6.45) is 0. The molecule has 6 aromatic rings. The summed E-state index contributed by atoms with van der Waals surface area (Å²) in [7, 11) is 0. The van der Waals surface area contributed by atoms with Crippen molar-refractivity contribution in [1.82, 2.24) is 9.97 Å². The normalized spacial score (nSPS) is 11.4. The van der Waals surface area contributed by atoms with Crippen molar-refractivity contribution in [1.29, 1.82) is 0 Å². The van der Waals surface area contributed by atoms with Gasteiger partial charge in [-0.25, -0.2) is 19.6 Å². The third kappa shape index (κ3) is 6.69. The van der Waals surface area contributed by atoms with Crippen molar-refractivity contribution in [3.05, 3.63) is 146 Å². The van der Waals surface area contributed by atoms with Gasteiger partial charge in [0.2, 0.25) is 5.43 Å². The van der Waals surface area contributed by atoms with Gasteiger partial charge in [-0.15, -0.1) is 0 Å². The minimum Gasteiger partial charge on any atom is -0.507 e. The molecule has 1 aliphatic heterocycles. The molecule has 0 bridgehead atoms. The van der Waals surface area contributed by atoms with Gasteiger partial charge in [0.1, 0.15) is 17.1 Å². The zero-order chi connectivity index (χ0) is 40.0. The number of hydrogen-bond acceptors (Lipinski definition) is 11. The highest BCUT2D eigenvalue weighted by atomic mass is 35.5. The molecule has 4 aromatic carbocycles. The zero-order valence-corrected chi connectivity index (χ0v) is 30.5. The molecule has 7 N–H and O–H groups in total. The van der Waals surface area contributed by atoms with Gasteiger partial charge in [-0.05, 0) is 66.2 Å². The number of hydrogen-bond donors (Lipinski definition) is 7. The lowest BCUT2D eigenvalue weighted by atomic mass is 9.87. The predicted octanol–water partition coefficient (Wildman–Crippen LogP) is 7.63. The second-order valence-corrected chi connectivity index (χ2v) is 13.6. The van der Waals surface area contributed by atoms with Crippen molar-refractivity contribution in [3.8, 4) is 28.2 Å². The van der Waals surface area contributed by atoms with Crippen LogP contribution in [-0.2, 0) is 26.3 Å². The molecule has 0 spiro atoms. The number of aromatic hydroxyl groups is 1. The standard InChI is InChI=1S/C43H31ClN4O9/c44-32-16-29-36(28-15-23(42(53)54)9-12-26(28)43(55)56)27-13-14-35(51)30(17-45-33-5-1-3-21-7-10-24(19-49)47-37(21)33)40(27)57-41(29)31(39(32)52)18-46-34-6-2-4-22-8-11-25(20-50)48-38(22)34/h1-16,45-46,49-51H,17-20H2,(H,53,54)(H,55,56). The number of pyridine rings is 2. The number of nitrogens with zero attached hydrogens (tertiary/aromatic N) is 2. The van der Waals surface area contributed by atoms with Crippen molar-refractivity contribution in [2.24, 2.45) is 0 Å². The van der Waals surface area contributed by atoms with E-state index >= 15 is 0 Å². The van der Waals surface area contributed by atoms with E-state index in [4.69, 9.17) is 16.0 Å². The first-order valence-electron chi connectivity index (χ1n) is 17.6. The lowest BCUT2D eigenvalue weighted by molar-refractivity contribution is 0.0682. The molecule has 0 amide bonds. The Kier molecular flexibility index (Phi) is 9.63. The molecule has 0 fully saturated rings. The summed E-state index contributed by atoms with van der Waals surface area (Å²) in [6, 6.07) is 25.9. The van der Waals surface area contributed by atoms with Gasteiger partial charge < -0.3 is 40.6 Å². The fourth-order valence-corrected chi connectivity index (χ4v) is 7.27. The Labute approximate surface area is 327 Å². The lowest BCUT2D eigenvalue weighted by Crippen LogP contribution is -2.17. The number of aromatic carboxylic acids is 2. The molecule has 0 unspecified atom stereocenters. The molecular weight excluding hydrogens is 752 g/mol. The van der Waals surface area contributed by atoms with Crippen LogP contribution in [0, 0.1) is 0 Å². The Morgan fingerprint density at radius 3 is 1.89 bits per heavy atom. The summed E-state index contributed by atoms with van der Waals surface area (Å²) in [4.78, 5) is 48.1. The van der Waals surface area contributed by atoms with E-state index in [1.165, 1.54) is 36.4 Å². The number of carbonyl (C=O) groups is 2. The van der Waals surface area contributed by atoms with Crippen molar-refractivity contribution in [3.63, 3.8) is 0 Å². The van der Waals surface area contributed by atoms with Gasteiger partial charge in [-0.2, -0.15) is 0 Å². The molecular formula is C43H31ClN4O9. The van der Waals surface area contributed by atoms with Gasteiger partial charge in [0, 0.05) is 40.4 Å². The fourth-order valence-electron chi connectivity index (χ4n) is 7.04. The number of carboxylic acids is 2. The molecule has 0 saturated heterocycles. The highest BCUT2D eigenvalue weighted by Gasteiger charge is 2.29. The van der Waals surface area contributed by atoms with E-state index < -0.39 is 17.4 Å². The molecule has 14 heteroatoms. The molecule has 0 radical (unpaired) electrons. The largest absolute Gasteiger partial charge is 0.507 e. The van der Waals surface area contributed by atoms with E-state index in [9.17, 15) is 39.9 Å². The smallest absolute Gasteiger partial charge is 0.336 e. The van der Waals surface area contributed by atoms with Crippen LogP contribution in [0.4, 0.5) is 11.4 Å². The summed E-state index contributed by atoms with van der Waals surface area (Å²) in [5.41, 5.74) is 2.89. The number of aromatic nitrogens is 2. The molecule has 57 heavy (non-hydrogen) atoms. The molecule has 13 nitrogen and oxygen atoms in total. The SMILES string of the molecule is O=C(O)c1ccc(C(=O)O)c(-c2c3cc(Cl)c(=O)c(CNc4cccc5ccc(CO)nc45)c-3oc3c(CNc4cccc5ccc(CO)nc45)c(O)ccc23)c1. The second kappa shape index (κ2) is 14.9. The Balaban J connectivity index is 1.37. The monoisotopic (exact) mass is 782 g/mol. The third-order valence-corrected chi connectivity index (χ3v) is 10.1. The van der Waals surface area contributed by atoms with E-state index in [0.717, 1.165) is 10.8 Å². The van der Waals surface area contributed by atoms with Gasteiger partial charge in [0.25, 0.3) is 0 Å². The minimum absolute atomic E-state index is 0.00646. The van der Waals surface area contributed by atoms with Crippen LogP contribution in [0.1, 0.15) is 43.2 Å². The number of aliphatic hydroxyl groups is 2. The van der Waals surface area contributed by atoms with Gasteiger partial charge >= 0.3 is 11.9 Å². The fraction of sp³-hybridized carbons (Fsp3) is 0.0930. The Morgan fingerprint density at radius 2 is 1.32 bits per heavy atom. The molecule has 1 aliphatic carbocycles. The first kappa shape index (κ1) is 36.9. The first-order chi connectivity index (χ1) is 27.6. The van der Waals surface area contributed by atoms with E-state index in [1.807, 2.05) is 30.3 Å². The Bertz CT molecular complexity index is 2970. The van der Waals surface area contributed by atoms with E-state index in [2.05, 4.69) is 20.6 Å². The molecule has 8 rings (SSSR count). The van der Waals surface area contributed by atoms with Crippen LogP contribution in [0.3, 0.4) is 0 Å². The quantitative estimate of drug-likeness (QED) is 0.0629. The van der Waals surface area contributed by atoms with Crippen LogP contribution in [0.15, 0.2) is 106 Å². The maximum Gasteiger partial charge on any atom is 0.336 e. The number of halogens is 1. The number of carboxylic acid groups (broad SMARTS) is 2. The van der Waals surface area contributed by atoms with Gasteiger partial charge in [0.05, 0.1) is 74.3 Å². The number of para-hydroxylation sites is 2. The Hall–Kier alpha value is -7.06. The average Bonchev–Trinajstić information content (AvgIpc) is 3.22. The predicted molar refractivity (Wildman–Crippen MR) is 215 cm³/mol. The van der Waals surface area contributed by atoms with Gasteiger partial charge in [-0.1, -0.05) is 48.0 Å². The van der Waals surface area contributed by atoms with E-state index in [1.54, 1.807) is 30.3 Å². The summed E-state index contributed by atoms with van der Waals surface area (Å²) < 4.78 is 6.63. The van der Waals surface area contributed by atoms with Gasteiger partial charge in [-0.3, -0.25) is 4.79 Å². The maximum absolute atomic E-state index is 14.0. The van der Waals surface area contributed by atoms with Gasteiger partial charge in [0.15, 0.2) is 0 Å². The summed E-state index contributed by atoms with van der Waals surface area (Å²) >= 11 is 6.64. The second-order valence-electron chi connectivity index (χ2n) is 13.2. The number of rotatable bonds is 11. The first-order valence-corrected chi connectivity index (χ1v) is 17.9. The number of aliphatic hydroxyl groups excluding tert-OH is 2. The molecule has 284 valence electrons. The maximum atomic E-state index is 14.0. The molecule has 2 aromatic heterocycles. The number of anilines is 2. The van der Waals surface area contributed by atoms with Crippen LogP contribution < -0.4 is 16.1 Å². The topological polar surface area (TPSA) is 215 Å². The van der Waals surface area contributed by atoms with Crippen LogP contribution in [-0.4, -0.2) is 47.4 Å². The minimum atomic E-state index is -1.34. The molecule has 2 aliphatic rings. The number of phenols is 1. The van der Waals surface area contributed by atoms with Crippen LogP contribution >= 0.6 is 11.6 Å². The van der Waals surface area contributed by atoms with Crippen molar-refractivity contribution < 1.29 is 39.5 Å². The summed E-state index contributed by atoms with van der Waals surface area (Å²) in [5, 5.41) is 59.4. The summed E-state index contributed by atoms with van der Waals surface area (Å²) in [5.74, 6) is -2.82. The average molecular weight is 783 g/mol. The van der Waals surface area contributed by atoms with E-state index in [-0.39, 0.29) is 87.4 Å². The van der Waals surface area contributed by atoms with Crippen molar-refractivity contribution >= 4 is 67.7 Å². The van der Waals surface area contributed by atoms with E-state index in [0.29, 0.717) is 39.2 Å². The number of phenolic OH excluding ortho intramolecular Hbond substituents is 1. The highest BCUT2D eigenvalue weighted by molar-refractivity contribution is 6.31. The Morgan fingerprint density at radius 1 is 0.702 bits per heavy atom. The molecule has 0 saturated carbocycles. The third-order valence-electron chi connectivity index (χ3n) is 9.82.